The molecule has 0 unspecified atom stereocenters. The molecule has 2 aromatic rings. The number of hydrogen-bond donors (Lipinski definition) is 2. The highest BCUT2D eigenvalue weighted by atomic mass is 16.6. The number of carbonyl (C=O) groups excluding carboxylic acids is 1. The van der Waals surface area contributed by atoms with Gasteiger partial charge in [0.15, 0.2) is 0 Å². The fourth-order valence-electron chi connectivity index (χ4n) is 3.69. The maximum absolute atomic E-state index is 12.5. The van der Waals surface area contributed by atoms with Crippen LogP contribution < -0.4 is 20.4 Å². The van der Waals surface area contributed by atoms with Crippen molar-refractivity contribution in [3.05, 3.63) is 65.7 Å². The Morgan fingerprint density at radius 2 is 2.14 bits per heavy atom. The highest BCUT2D eigenvalue weighted by Gasteiger charge is 2.23. The summed E-state index contributed by atoms with van der Waals surface area (Å²) in [5, 5.41) is 6.51. The van der Waals surface area contributed by atoms with Gasteiger partial charge in [-0.2, -0.15) is 0 Å². The molecule has 0 fully saturated rings. The summed E-state index contributed by atoms with van der Waals surface area (Å²) in [6, 6.07) is 10.2. The molecule has 1 aromatic carbocycles. The molecule has 2 aliphatic rings. The second-order valence-electron chi connectivity index (χ2n) is 7.34. The van der Waals surface area contributed by atoms with Gasteiger partial charge in [-0.3, -0.25) is 9.88 Å². The lowest BCUT2D eigenvalue weighted by molar-refractivity contribution is 0.153. The molecule has 0 atom stereocenters. The van der Waals surface area contributed by atoms with Gasteiger partial charge in [-0.25, -0.2) is 4.79 Å². The number of anilines is 2. The third kappa shape index (κ3) is 4.62. The Morgan fingerprint density at radius 1 is 1.28 bits per heavy atom. The molecule has 2 N–H and O–H groups in total. The van der Waals surface area contributed by atoms with Crippen LogP contribution >= 0.6 is 0 Å². The molecule has 3 heterocycles. The molecule has 0 saturated carbocycles. The third-order valence-corrected chi connectivity index (χ3v) is 5.36. The van der Waals surface area contributed by atoms with Crippen LogP contribution in [0.2, 0.25) is 0 Å². The van der Waals surface area contributed by atoms with E-state index in [9.17, 15) is 4.79 Å². The Kier molecular flexibility index (Phi) is 5.84. The van der Waals surface area contributed by atoms with Gasteiger partial charge in [-0.1, -0.05) is 6.07 Å². The van der Waals surface area contributed by atoms with Crippen LogP contribution in [0.3, 0.4) is 0 Å². The molecular weight excluding hydrogens is 366 g/mol. The maximum atomic E-state index is 12.5. The van der Waals surface area contributed by atoms with Gasteiger partial charge in [0.1, 0.15) is 0 Å². The number of fused-ring (bicyclic) bond motifs is 1. The molecule has 0 bridgehead atoms. The third-order valence-electron chi connectivity index (χ3n) is 5.36. The zero-order valence-corrected chi connectivity index (χ0v) is 16.7. The number of pyridine rings is 1. The molecule has 0 aliphatic carbocycles. The lowest BCUT2D eigenvalue weighted by Crippen LogP contribution is -2.29. The van der Waals surface area contributed by atoms with E-state index >= 15 is 0 Å². The zero-order valence-electron chi connectivity index (χ0n) is 16.7. The number of carbonyl (C=O) groups is 1. The van der Waals surface area contributed by atoms with E-state index in [-0.39, 0.29) is 6.09 Å². The first-order chi connectivity index (χ1) is 14.2. The summed E-state index contributed by atoms with van der Waals surface area (Å²) in [7, 11) is 1.76. The number of rotatable bonds is 7. The Balaban J connectivity index is 1.32. The molecule has 29 heavy (non-hydrogen) atoms. The van der Waals surface area contributed by atoms with E-state index in [1.165, 1.54) is 22.5 Å². The Hall–Kier alpha value is -3.22. The number of benzene rings is 1. The van der Waals surface area contributed by atoms with Gasteiger partial charge < -0.3 is 20.3 Å². The Bertz CT molecular complexity index is 884. The first-order valence-corrected chi connectivity index (χ1v) is 10.0. The van der Waals surface area contributed by atoms with E-state index in [1.807, 2.05) is 24.4 Å². The maximum Gasteiger partial charge on any atom is 0.414 e. The van der Waals surface area contributed by atoms with Crippen LogP contribution in [0, 0.1) is 0 Å². The molecular formula is C22H27N5O2. The van der Waals surface area contributed by atoms with Crippen molar-refractivity contribution in [2.24, 2.45) is 0 Å². The predicted molar refractivity (Wildman–Crippen MR) is 114 cm³/mol. The largest absolute Gasteiger partial charge is 0.449 e. The van der Waals surface area contributed by atoms with Gasteiger partial charge in [-0.05, 0) is 54.7 Å². The highest BCUT2D eigenvalue weighted by Crippen LogP contribution is 2.32. The minimum absolute atomic E-state index is 0.325. The zero-order chi connectivity index (χ0) is 20.1. The number of hydrogen-bond acceptors (Lipinski definition) is 6. The average Bonchev–Trinajstić information content (AvgIpc) is 3.41. The molecule has 0 radical (unpaired) electrons. The standard InChI is InChI=1S/C22H27N5O2/c1-26(22(28)29-12-2-3-17-6-9-23-10-7-17)20-5-4-18-8-11-27(21(18)13-20)15-19-14-24-16-25-19/h4-7,9-10,13-14,24-25H,2-3,8,11-12,15-16H2,1H3. The van der Waals surface area contributed by atoms with Crippen molar-refractivity contribution < 1.29 is 9.53 Å². The molecule has 1 amide bonds. The Morgan fingerprint density at radius 3 is 2.93 bits per heavy atom. The SMILES string of the molecule is CN(C(=O)OCCCc1ccncc1)c1ccc2c(c1)N(CC1=CNCN1)CC2. The van der Waals surface area contributed by atoms with Crippen molar-refractivity contribution in [1.82, 2.24) is 15.6 Å². The number of ether oxygens (including phenoxy) is 1. The first-order valence-electron chi connectivity index (χ1n) is 10.0. The van der Waals surface area contributed by atoms with Gasteiger partial charge in [0.05, 0.1) is 19.8 Å². The minimum Gasteiger partial charge on any atom is -0.449 e. The number of amides is 1. The minimum atomic E-state index is -0.325. The molecule has 4 rings (SSSR count). The van der Waals surface area contributed by atoms with E-state index in [4.69, 9.17) is 4.74 Å². The van der Waals surface area contributed by atoms with Crippen LogP contribution in [0.1, 0.15) is 17.5 Å². The quantitative estimate of drug-likeness (QED) is 0.705. The monoisotopic (exact) mass is 393 g/mol. The van der Waals surface area contributed by atoms with Crippen molar-refractivity contribution in [2.45, 2.75) is 19.3 Å². The lowest BCUT2D eigenvalue weighted by atomic mass is 10.1. The number of aromatic nitrogens is 1. The summed E-state index contributed by atoms with van der Waals surface area (Å²) in [6.07, 6.45) is 7.94. The van der Waals surface area contributed by atoms with Crippen LogP contribution in [-0.2, 0) is 17.6 Å². The van der Waals surface area contributed by atoms with E-state index in [0.717, 1.165) is 44.7 Å². The first kappa shape index (κ1) is 19.1. The van der Waals surface area contributed by atoms with Crippen LogP contribution in [0.15, 0.2) is 54.6 Å². The fraction of sp³-hybridized carbons (Fsp3) is 0.364. The van der Waals surface area contributed by atoms with Gasteiger partial charge in [0.25, 0.3) is 0 Å². The van der Waals surface area contributed by atoms with Gasteiger partial charge in [0, 0.05) is 49.3 Å². The van der Waals surface area contributed by atoms with Crippen molar-refractivity contribution in [2.75, 3.05) is 43.2 Å². The van der Waals surface area contributed by atoms with Crippen molar-refractivity contribution in [3.63, 3.8) is 0 Å². The normalized spacial score (nSPS) is 14.7. The van der Waals surface area contributed by atoms with Crippen LogP contribution in [0.25, 0.3) is 0 Å². The number of nitrogens with one attached hydrogen (secondary N) is 2. The predicted octanol–water partition coefficient (Wildman–Crippen LogP) is 2.64. The van der Waals surface area contributed by atoms with Gasteiger partial charge >= 0.3 is 6.09 Å². The van der Waals surface area contributed by atoms with E-state index in [2.05, 4.69) is 32.7 Å². The van der Waals surface area contributed by atoms with Crippen LogP contribution in [0.5, 0.6) is 0 Å². The molecule has 1 aromatic heterocycles. The van der Waals surface area contributed by atoms with E-state index in [0.29, 0.717) is 6.61 Å². The van der Waals surface area contributed by atoms with Crippen LogP contribution in [0.4, 0.5) is 16.2 Å². The topological polar surface area (TPSA) is 69.7 Å². The van der Waals surface area contributed by atoms with E-state index in [1.54, 1.807) is 24.3 Å². The summed E-state index contributed by atoms with van der Waals surface area (Å²) in [6.45, 7) is 3.01. The summed E-state index contributed by atoms with van der Waals surface area (Å²) < 4.78 is 5.46. The summed E-state index contributed by atoms with van der Waals surface area (Å²) in [4.78, 5) is 20.4. The van der Waals surface area contributed by atoms with Crippen molar-refractivity contribution in [3.8, 4) is 0 Å². The molecule has 0 saturated heterocycles. The average molecular weight is 393 g/mol. The Labute approximate surface area is 171 Å². The smallest absolute Gasteiger partial charge is 0.414 e. The van der Waals surface area contributed by atoms with Crippen molar-refractivity contribution in [1.29, 1.82) is 0 Å². The second-order valence-corrected chi connectivity index (χ2v) is 7.34. The fourth-order valence-corrected chi connectivity index (χ4v) is 3.69. The second kappa shape index (κ2) is 8.86. The lowest BCUT2D eigenvalue weighted by Gasteiger charge is -2.22. The van der Waals surface area contributed by atoms with Gasteiger partial charge in [0.2, 0.25) is 0 Å². The summed E-state index contributed by atoms with van der Waals surface area (Å²) in [5.74, 6) is 0. The molecule has 2 aliphatic heterocycles. The van der Waals surface area contributed by atoms with Crippen LogP contribution in [-0.4, -0.2) is 44.5 Å². The summed E-state index contributed by atoms with van der Waals surface area (Å²) in [5.41, 5.74) is 5.74. The molecule has 7 nitrogen and oxygen atoms in total. The number of nitrogens with zero attached hydrogens (tertiary/aromatic N) is 3. The number of aryl methyl sites for hydroxylation is 1. The molecule has 7 heteroatoms. The highest BCUT2D eigenvalue weighted by molar-refractivity contribution is 5.88. The summed E-state index contributed by atoms with van der Waals surface area (Å²) >= 11 is 0. The van der Waals surface area contributed by atoms with Crippen molar-refractivity contribution >= 4 is 17.5 Å². The molecule has 0 spiro atoms. The molecule has 152 valence electrons. The van der Waals surface area contributed by atoms with E-state index < -0.39 is 0 Å². The van der Waals surface area contributed by atoms with Gasteiger partial charge in [-0.15, -0.1) is 0 Å².